The van der Waals surface area contributed by atoms with Gasteiger partial charge in [-0.15, -0.1) is 0 Å². The highest BCUT2D eigenvalue weighted by Crippen LogP contribution is 2.29. The quantitative estimate of drug-likeness (QED) is 0.455. The van der Waals surface area contributed by atoms with E-state index >= 15 is 0 Å². The predicted octanol–water partition coefficient (Wildman–Crippen LogP) is 2.80. The van der Waals surface area contributed by atoms with Crippen LogP contribution in [-0.2, 0) is 9.59 Å². The molecular weight excluding hydrogens is 388 g/mol. The normalized spacial score (nSPS) is 10.7. The molecule has 0 saturated heterocycles. The summed E-state index contributed by atoms with van der Waals surface area (Å²) in [6.07, 6.45) is -0.0169. The summed E-state index contributed by atoms with van der Waals surface area (Å²) in [5, 5.41) is 9.31. The van der Waals surface area contributed by atoms with Crippen LogP contribution in [0.15, 0.2) is 47.6 Å². The SMILES string of the molecule is COc1ccc(NC(=O)CC(C)=NNC(=O)c2ccc(NC(C)=O)cc2)c(OC)c1. The van der Waals surface area contributed by atoms with Gasteiger partial charge in [0.2, 0.25) is 11.8 Å². The van der Waals surface area contributed by atoms with Crippen molar-refractivity contribution in [1.82, 2.24) is 5.43 Å². The van der Waals surface area contributed by atoms with Gasteiger partial charge < -0.3 is 20.1 Å². The summed E-state index contributed by atoms with van der Waals surface area (Å²) in [5.74, 6) is 0.135. The van der Waals surface area contributed by atoms with E-state index in [9.17, 15) is 14.4 Å². The van der Waals surface area contributed by atoms with Gasteiger partial charge in [0.25, 0.3) is 5.91 Å². The molecule has 0 bridgehead atoms. The summed E-state index contributed by atoms with van der Waals surface area (Å²) in [6, 6.07) is 11.4. The van der Waals surface area contributed by atoms with Crippen LogP contribution < -0.4 is 25.5 Å². The maximum absolute atomic E-state index is 12.3. The number of benzene rings is 2. The summed E-state index contributed by atoms with van der Waals surface area (Å²) >= 11 is 0. The molecule has 0 heterocycles. The molecule has 2 rings (SSSR count). The Labute approximate surface area is 174 Å². The number of carbonyl (C=O) groups excluding carboxylic acids is 3. The second kappa shape index (κ2) is 10.6. The van der Waals surface area contributed by atoms with Crippen LogP contribution in [0, 0.1) is 0 Å². The van der Waals surface area contributed by atoms with Crippen molar-refractivity contribution in [2.45, 2.75) is 20.3 Å². The zero-order chi connectivity index (χ0) is 22.1. The van der Waals surface area contributed by atoms with Gasteiger partial charge in [-0.1, -0.05) is 0 Å². The van der Waals surface area contributed by atoms with Gasteiger partial charge in [0.1, 0.15) is 11.5 Å². The first kappa shape index (κ1) is 22.4. The molecule has 9 nitrogen and oxygen atoms in total. The lowest BCUT2D eigenvalue weighted by atomic mass is 10.2. The third kappa shape index (κ3) is 6.62. The molecule has 0 fully saturated rings. The largest absolute Gasteiger partial charge is 0.497 e. The Morgan fingerprint density at radius 3 is 2.23 bits per heavy atom. The van der Waals surface area contributed by atoms with E-state index in [4.69, 9.17) is 9.47 Å². The van der Waals surface area contributed by atoms with Crippen LogP contribution in [0.3, 0.4) is 0 Å². The molecule has 30 heavy (non-hydrogen) atoms. The van der Waals surface area contributed by atoms with E-state index in [1.165, 1.54) is 14.0 Å². The van der Waals surface area contributed by atoms with Crippen LogP contribution in [0.1, 0.15) is 30.6 Å². The van der Waals surface area contributed by atoms with Gasteiger partial charge in [-0.25, -0.2) is 5.43 Å². The van der Waals surface area contributed by atoms with Gasteiger partial charge in [0.15, 0.2) is 0 Å². The number of methoxy groups -OCH3 is 2. The van der Waals surface area contributed by atoms with E-state index in [2.05, 4.69) is 21.2 Å². The van der Waals surface area contributed by atoms with E-state index in [1.807, 2.05) is 0 Å². The number of hydrogen-bond donors (Lipinski definition) is 3. The lowest BCUT2D eigenvalue weighted by molar-refractivity contribution is -0.115. The molecule has 2 aromatic rings. The minimum Gasteiger partial charge on any atom is -0.497 e. The second-order valence-electron chi connectivity index (χ2n) is 6.34. The third-order valence-corrected chi connectivity index (χ3v) is 3.91. The van der Waals surface area contributed by atoms with Crippen LogP contribution in [0.5, 0.6) is 11.5 Å². The first-order chi connectivity index (χ1) is 14.3. The number of rotatable bonds is 8. The maximum Gasteiger partial charge on any atom is 0.271 e. The van der Waals surface area contributed by atoms with Crippen LogP contribution in [0.25, 0.3) is 0 Å². The molecule has 0 spiro atoms. The molecule has 0 unspecified atom stereocenters. The molecule has 2 aromatic carbocycles. The van der Waals surface area contributed by atoms with Gasteiger partial charge in [-0.2, -0.15) is 5.10 Å². The number of carbonyl (C=O) groups is 3. The lowest BCUT2D eigenvalue weighted by Gasteiger charge is -2.11. The number of nitrogens with zero attached hydrogens (tertiary/aromatic N) is 1. The standard InChI is InChI=1S/C21H24N4O5/c1-13(11-20(27)23-18-10-9-17(29-3)12-19(18)30-4)24-25-21(28)15-5-7-16(8-6-15)22-14(2)26/h5-10,12H,11H2,1-4H3,(H,22,26)(H,23,27)(H,25,28). The molecule has 0 atom stereocenters. The van der Waals surface area contributed by atoms with Crippen LogP contribution in [-0.4, -0.2) is 37.7 Å². The Balaban J connectivity index is 1.92. The van der Waals surface area contributed by atoms with Crippen molar-refractivity contribution in [2.24, 2.45) is 5.10 Å². The molecule has 3 amide bonds. The first-order valence-electron chi connectivity index (χ1n) is 9.05. The molecule has 0 saturated carbocycles. The summed E-state index contributed by atoms with van der Waals surface area (Å²) in [4.78, 5) is 35.5. The molecule has 0 aromatic heterocycles. The molecule has 9 heteroatoms. The topological polar surface area (TPSA) is 118 Å². The summed E-state index contributed by atoms with van der Waals surface area (Å²) in [5.41, 5.74) is 4.28. The number of nitrogens with one attached hydrogen (secondary N) is 3. The Bertz CT molecular complexity index is 954. The second-order valence-corrected chi connectivity index (χ2v) is 6.34. The molecule has 0 aliphatic rings. The Morgan fingerprint density at radius 2 is 1.63 bits per heavy atom. The fourth-order valence-electron chi connectivity index (χ4n) is 2.49. The van der Waals surface area contributed by atoms with Gasteiger partial charge in [-0.05, 0) is 43.3 Å². The van der Waals surface area contributed by atoms with Crippen LogP contribution >= 0.6 is 0 Å². The minimum atomic E-state index is -0.430. The lowest BCUT2D eigenvalue weighted by Crippen LogP contribution is -2.21. The average Bonchev–Trinajstić information content (AvgIpc) is 2.72. The van der Waals surface area contributed by atoms with Gasteiger partial charge in [0, 0.05) is 30.0 Å². The van der Waals surface area contributed by atoms with Crippen molar-refractivity contribution >= 4 is 34.8 Å². The van der Waals surface area contributed by atoms with E-state index in [1.54, 1.807) is 56.5 Å². The van der Waals surface area contributed by atoms with E-state index in [0.29, 0.717) is 34.1 Å². The van der Waals surface area contributed by atoms with Crippen molar-refractivity contribution in [3.63, 3.8) is 0 Å². The number of hydrogen-bond acceptors (Lipinski definition) is 6. The highest BCUT2D eigenvalue weighted by atomic mass is 16.5. The number of anilines is 2. The maximum atomic E-state index is 12.3. The molecule has 158 valence electrons. The summed E-state index contributed by atoms with van der Waals surface area (Å²) < 4.78 is 10.4. The average molecular weight is 412 g/mol. The van der Waals surface area contributed by atoms with Crippen molar-refractivity contribution in [2.75, 3.05) is 24.9 Å². The molecule has 0 aliphatic heterocycles. The highest BCUT2D eigenvalue weighted by molar-refractivity contribution is 6.06. The molecule has 0 radical (unpaired) electrons. The zero-order valence-corrected chi connectivity index (χ0v) is 17.2. The smallest absolute Gasteiger partial charge is 0.271 e. The van der Waals surface area contributed by atoms with Crippen LogP contribution in [0.2, 0.25) is 0 Å². The van der Waals surface area contributed by atoms with Gasteiger partial charge >= 0.3 is 0 Å². The van der Waals surface area contributed by atoms with Crippen molar-refractivity contribution < 1.29 is 23.9 Å². The zero-order valence-electron chi connectivity index (χ0n) is 17.2. The first-order valence-corrected chi connectivity index (χ1v) is 9.05. The molecular formula is C21H24N4O5. The number of hydrazone groups is 1. The predicted molar refractivity (Wildman–Crippen MR) is 114 cm³/mol. The van der Waals surface area contributed by atoms with Crippen LogP contribution in [0.4, 0.5) is 11.4 Å². The fourth-order valence-corrected chi connectivity index (χ4v) is 2.49. The van der Waals surface area contributed by atoms with Crippen molar-refractivity contribution in [3.8, 4) is 11.5 Å². The number of amides is 3. The fraction of sp³-hybridized carbons (Fsp3) is 0.238. The number of ether oxygens (including phenoxy) is 2. The van der Waals surface area contributed by atoms with E-state index in [0.717, 1.165) is 0 Å². The van der Waals surface area contributed by atoms with Gasteiger partial charge in [0.05, 0.1) is 26.3 Å². The monoisotopic (exact) mass is 412 g/mol. The summed E-state index contributed by atoms with van der Waals surface area (Å²) in [6.45, 7) is 3.03. The van der Waals surface area contributed by atoms with E-state index < -0.39 is 5.91 Å². The molecule has 3 N–H and O–H groups in total. The van der Waals surface area contributed by atoms with Gasteiger partial charge in [-0.3, -0.25) is 14.4 Å². The highest BCUT2D eigenvalue weighted by Gasteiger charge is 2.11. The Hall–Kier alpha value is -3.88. The Morgan fingerprint density at radius 1 is 0.933 bits per heavy atom. The van der Waals surface area contributed by atoms with Crippen molar-refractivity contribution in [1.29, 1.82) is 0 Å². The van der Waals surface area contributed by atoms with Crippen molar-refractivity contribution in [3.05, 3.63) is 48.0 Å². The third-order valence-electron chi connectivity index (χ3n) is 3.91. The minimum absolute atomic E-state index is 0.0169. The van der Waals surface area contributed by atoms with E-state index in [-0.39, 0.29) is 18.2 Å². The molecule has 0 aliphatic carbocycles. The Kier molecular flexibility index (Phi) is 7.92. The summed E-state index contributed by atoms with van der Waals surface area (Å²) in [7, 11) is 3.04.